The van der Waals surface area contributed by atoms with Crippen molar-refractivity contribution in [2.45, 2.75) is 58.4 Å². The second-order valence-electron chi connectivity index (χ2n) is 7.97. The predicted molar refractivity (Wildman–Crippen MR) is 131 cm³/mol. The fourth-order valence-electron chi connectivity index (χ4n) is 3.70. The minimum absolute atomic E-state index is 0.261. The van der Waals surface area contributed by atoms with Gasteiger partial charge >= 0.3 is 5.92 Å². The molecule has 0 aliphatic heterocycles. The summed E-state index contributed by atoms with van der Waals surface area (Å²) >= 11 is 7.13. The molecule has 34 heavy (non-hydrogen) atoms. The summed E-state index contributed by atoms with van der Waals surface area (Å²) in [5.41, 5.74) is 2.55. The van der Waals surface area contributed by atoms with Crippen LogP contribution in [0.2, 0.25) is 0 Å². The molecule has 0 unspecified atom stereocenters. The number of hydrogen-bond acceptors (Lipinski definition) is 5. The van der Waals surface area contributed by atoms with Gasteiger partial charge in [0, 0.05) is 23.0 Å². The third kappa shape index (κ3) is 5.12. The average Bonchev–Trinajstić information content (AvgIpc) is 3.52. The van der Waals surface area contributed by atoms with Crippen LogP contribution in [0, 0.1) is 0 Å². The Bertz CT molecular complexity index is 1230. The van der Waals surface area contributed by atoms with E-state index >= 15 is 0 Å². The highest BCUT2D eigenvalue weighted by Crippen LogP contribution is 2.35. The van der Waals surface area contributed by atoms with Crippen molar-refractivity contribution in [1.29, 1.82) is 0 Å². The molecular formula is C22H24Br2F2N8. The van der Waals surface area contributed by atoms with E-state index in [-0.39, 0.29) is 12.2 Å². The van der Waals surface area contributed by atoms with Gasteiger partial charge in [-0.05, 0) is 73.7 Å². The van der Waals surface area contributed by atoms with Gasteiger partial charge < -0.3 is 0 Å². The molecule has 0 radical (unpaired) electrons. The average molecular weight is 598 g/mol. The van der Waals surface area contributed by atoms with E-state index < -0.39 is 5.92 Å². The van der Waals surface area contributed by atoms with Gasteiger partial charge in [-0.25, -0.2) is 9.67 Å². The van der Waals surface area contributed by atoms with E-state index in [0.717, 1.165) is 38.9 Å². The SMILES string of the molecule is CCCCc1nc(C(F)(F)CCC)nn1Cc1ccc(-n2c(Br)cc(Br)c2-c2nn[nH]n2)cc1. The highest BCUT2D eigenvalue weighted by atomic mass is 79.9. The minimum atomic E-state index is -3.02. The number of tetrazole rings is 1. The number of nitrogens with one attached hydrogen (secondary N) is 1. The molecule has 1 aromatic carbocycles. The molecule has 180 valence electrons. The lowest BCUT2D eigenvalue weighted by Gasteiger charge is -2.11. The van der Waals surface area contributed by atoms with Crippen molar-refractivity contribution in [2.75, 3.05) is 0 Å². The maximum Gasteiger partial charge on any atom is 0.308 e. The van der Waals surface area contributed by atoms with Gasteiger partial charge in [-0.1, -0.05) is 32.4 Å². The number of rotatable bonds is 10. The van der Waals surface area contributed by atoms with Crippen LogP contribution in [0.5, 0.6) is 0 Å². The van der Waals surface area contributed by atoms with Gasteiger partial charge in [0.1, 0.15) is 11.5 Å². The smallest absolute Gasteiger partial charge is 0.300 e. The van der Waals surface area contributed by atoms with Gasteiger partial charge in [0.15, 0.2) is 0 Å². The van der Waals surface area contributed by atoms with Crippen LogP contribution in [0.3, 0.4) is 0 Å². The summed E-state index contributed by atoms with van der Waals surface area (Å²) in [5, 5.41) is 18.5. The Morgan fingerprint density at radius 2 is 1.85 bits per heavy atom. The zero-order chi connectivity index (χ0) is 24.3. The van der Waals surface area contributed by atoms with Crippen molar-refractivity contribution in [1.82, 2.24) is 40.0 Å². The number of aromatic nitrogens is 8. The van der Waals surface area contributed by atoms with Crippen LogP contribution in [0.15, 0.2) is 39.4 Å². The van der Waals surface area contributed by atoms with Gasteiger partial charge in [0.25, 0.3) is 0 Å². The highest BCUT2D eigenvalue weighted by Gasteiger charge is 2.36. The number of benzene rings is 1. The number of H-pyrrole nitrogens is 1. The Balaban J connectivity index is 1.62. The molecule has 0 aliphatic carbocycles. The third-order valence-electron chi connectivity index (χ3n) is 5.39. The number of nitrogens with zero attached hydrogens (tertiary/aromatic N) is 7. The first-order valence-electron chi connectivity index (χ1n) is 11.1. The molecule has 0 saturated carbocycles. The summed E-state index contributed by atoms with van der Waals surface area (Å²) in [6.07, 6.45) is 2.54. The summed E-state index contributed by atoms with van der Waals surface area (Å²) in [5.74, 6) is -2.37. The van der Waals surface area contributed by atoms with Crippen molar-refractivity contribution in [3.8, 4) is 17.2 Å². The lowest BCUT2D eigenvalue weighted by Crippen LogP contribution is -2.15. The molecule has 0 spiro atoms. The Kier molecular flexibility index (Phi) is 7.56. The Morgan fingerprint density at radius 1 is 1.09 bits per heavy atom. The normalized spacial score (nSPS) is 11.9. The van der Waals surface area contributed by atoms with Gasteiger partial charge in [0.2, 0.25) is 11.6 Å². The summed E-state index contributed by atoms with van der Waals surface area (Å²) in [6, 6.07) is 9.71. The zero-order valence-corrected chi connectivity index (χ0v) is 21.9. The van der Waals surface area contributed by atoms with Gasteiger partial charge in [-0.15, -0.1) is 15.3 Å². The van der Waals surface area contributed by atoms with Gasteiger partial charge in [-0.2, -0.15) is 14.0 Å². The van der Waals surface area contributed by atoms with Crippen LogP contribution in [-0.4, -0.2) is 40.0 Å². The summed E-state index contributed by atoms with van der Waals surface area (Å²) < 4.78 is 34.1. The Morgan fingerprint density at radius 3 is 2.50 bits per heavy atom. The number of unbranched alkanes of at least 4 members (excludes halogenated alkanes) is 1. The van der Waals surface area contributed by atoms with E-state index in [4.69, 9.17) is 0 Å². The fraction of sp³-hybridized carbons (Fsp3) is 0.409. The molecule has 1 N–H and O–H groups in total. The van der Waals surface area contributed by atoms with Crippen molar-refractivity contribution in [2.24, 2.45) is 0 Å². The number of aromatic amines is 1. The summed E-state index contributed by atoms with van der Waals surface area (Å²) in [6.45, 7) is 4.16. The first kappa shape index (κ1) is 24.6. The van der Waals surface area contributed by atoms with E-state index in [1.807, 2.05) is 34.9 Å². The second kappa shape index (κ2) is 10.4. The lowest BCUT2D eigenvalue weighted by molar-refractivity contribution is -0.0232. The molecule has 0 fully saturated rings. The molecule has 0 aliphatic rings. The van der Waals surface area contributed by atoms with Crippen LogP contribution in [0.4, 0.5) is 8.78 Å². The van der Waals surface area contributed by atoms with Crippen molar-refractivity contribution < 1.29 is 8.78 Å². The molecule has 4 aromatic rings. The summed E-state index contributed by atoms with van der Waals surface area (Å²) in [4.78, 5) is 4.22. The largest absolute Gasteiger partial charge is 0.308 e. The quantitative estimate of drug-likeness (QED) is 0.240. The molecule has 0 saturated heterocycles. The number of hydrogen-bond donors (Lipinski definition) is 1. The van der Waals surface area contributed by atoms with E-state index in [1.54, 1.807) is 11.6 Å². The Hall–Kier alpha value is -2.47. The van der Waals surface area contributed by atoms with Gasteiger partial charge in [0.05, 0.1) is 11.1 Å². The van der Waals surface area contributed by atoms with Crippen LogP contribution >= 0.6 is 31.9 Å². The van der Waals surface area contributed by atoms with E-state index in [0.29, 0.717) is 31.0 Å². The molecule has 3 aromatic heterocycles. The molecule has 3 heterocycles. The van der Waals surface area contributed by atoms with E-state index in [1.165, 1.54) is 0 Å². The molecule has 0 atom stereocenters. The number of aryl methyl sites for hydroxylation is 1. The first-order chi connectivity index (χ1) is 16.3. The van der Waals surface area contributed by atoms with Gasteiger partial charge in [-0.3, -0.25) is 4.57 Å². The van der Waals surface area contributed by atoms with Crippen molar-refractivity contribution in [3.63, 3.8) is 0 Å². The lowest BCUT2D eigenvalue weighted by atomic mass is 10.2. The zero-order valence-electron chi connectivity index (χ0n) is 18.8. The van der Waals surface area contributed by atoms with Crippen LogP contribution < -0.4 is 0 Å². The van der Waals surface area contributed by atoms with Crippen LogP contribution in [0.25, 0.3) is 17.2 Å². The van der Waals surface area contributed by atoms with E-state index in [9.17, 15) is 8.78 Å². The predicted octanol–water partition coefficient (Wildman–Crippen LogP) is 6.06. The topological polar surface area (TPSA) is 90.1 Å². The molecule has 0 bridgehead atoms. The fourth-order valence-corrected chi connectivity index (χ4v) is 5.19. The van der Waals surface area contributed by atoms with E-state index in [2.05, 4.69) is 69.5 Å². The molecular weight excluding hydrogens is 574 g/mol. The number of halogens is 4. The highest BCUT2D eigenvalue weighted by molar-refractivity contribution is 9.11. The summed E-state index contributed by atoms with van der Waals surface area (Å²) in [7, 11) is 0. The second-order valence-corrected chi connectivity index (χ2v) is 9.63. The number of alkyl halides is 2. The first-order valence-corrected chi connectivity index (χ1v) is 12.6. The molecule has 8 nitrogen and oxygen atoms in total. The molecule has 0 amide bonds. The third-order valence-corrected chi connectivity index (χ3v) is 6.57. The van der Waals surface area contributed by atoms with Crippen LogP contribution in [0.1, 0.15) is 56.7 Å². The maximum atomic E-state index is 14.5. The van der Waals surface area contributed by atoms with Crippen molar-refractivity contribution in [3.05, 3.63) is 56.6 Å². The standard InChI is InChI=1S/C22H24Br2F2N8/c1-3-5-6-18-27-21(22(25,26)11-4-2)30-33(18)13-14-7-9-15(10-8-14)34-17(24)12-16(23)19(34)20-28-31-32-29-20/h7-10,12H,3-6,11,13H2,1-2H3,(H,28,29,31,32). The Labute approximate surface area is 212 Å². The molecule has 12 heteroatoms. The maximum absolute atomic E-state index is 14.5. The monoisotopic (exact) mass is 596 g/mol. The van der Waals surface area contributed by atoms with Crippen molar-refractivity contribution >= 4 is 31.9 Å². The molecule has 4 rings (SSSR count). The van der Waals surface area contributed by atoms with Crippen LogP contribution in [-0.2, 0) is 18.9 Å². The minimum Gasteiger partial charge on any atom is -0.300 e.